The Morgan fingerprint density at radius 2 is 1.73 bits per heavy atom. The van der Waals surface area contributed by atoms with Crippen molar-refractivity contribution >= 4 is 34.2 Å². The van der Waals surface area contributed by atoms with Gasteiger partial charge in [0.15, 0.2) is 5.65 Å². The van der Waals surface area contributed by atoms with Gasteiger partial charge in [-0.3, -0.25) is 9.36 Å². The molecule has 9 nitrogen and oxygen atoms in total. The highest BCUT2D eigenvalue weighted by molar-refractivity contribution is 5.83. The monoisotopic (exact) mass is 491 g/mol. The Kier molecular flexibility index (Phi) is 5.95. The highest BCUT2D eigenvalue weighted by Gasteiger charge is 2.16. The normalized spacial score (nSPS) is 13.6. The maximum Gasteiger partial charge on any atom is 0.264 e. The van der Waals surface area contributed by atoms with Gasteiger partial charge in [0.2, 0.25) is 5.95 Å². The lowest BCUT2D eigenvalue weighted by Gasteiger charge is -2.27. The van der Waals surface area contributed by atoms with Crippen LogP contribution in [0.1, 0.15) is 0 Å². The van der Waals surface area contributed by atoms with Gasteiger partial charge in [-0.1, -0.05) is 36.4 Å². The van der Waals surface area contributed by atoms with Crippen molar-refractivity contribution in [3.63, 3.8) is 0 Å². The Morgan fingerprint density at radius 1 is 0.892 bits per heavy atom. The maximum absolute atomic E-state index is 13.8. The maximum atomic E-state index is 13.8. The molecule has 37 heavy (non-hydrogen) atoms. The third kappa shape index (κ3) is 4.60. The molecule has 0 aliphatic carbocycles. The Balaban J connectivity index is 1.41. The van der Waals surface area contributed by atoms with Crippen LogP contribution >= 0.6 is 0 Å². The Hall–Kier alpha value is -4.76. The van der Waals surface area contributed by atoms with E-state index in [-0.39, 0.29) is 5.56 Å². The standard InChI is InChI=1S/C28H25N7O2/c29-21-7-4-8-23(16-21)35-26-20(15-24(27(35)36)19-5-2-1-3-6-19)17-31-28(33-26)32-22-9-10-25(30-18-22)34-11-13-37-14-12-34/h1-10,15-18H,11-14,29H2,(H,31,32,33). The van der Waals surface area contributed by atoms with Gasteiger partial charge in [-0.15, -0.1) is 0 Å². The number of aromatic nitrogens is 4. The van der Waals surface area contributed by atoms with Gasteiger partial charge in [-0.25, -0.2) is 9.97 Å². The lowest BCUT2D eigenvalue weighted by atomic mass is 10.1. The van der Waals surface area contributed by atoms with Crippen molar-refractivity contribution in [2.24, 2.45) is 0 Å². The van der Waals surface area contributed by atoms with Crippen LogP contribution in [-0.4, -0.2) is 45.8 Å². The number of nitrogens with one attached hydrogen (secondary N) is 1. The summed E-state index contributed by atoms with van der Waals surface area (Å²) in [4.78, 5) is 29.8. The number of benzene rings is 2. The second kappa shape index (κ2) is 9.71. The third-order valence-electron chi connectivity index (χ3n) is 6.29. The molecule has 6 rings (SSSR count). The summed E-state index contributed by atoms with van der Waals surface area (Å²) < 4.78 is 7.00. The van der Waals surface area contributed by atoms with Gasteiger partial charge in [0.1, 0.15) is 5.82 Å². The summed E-state index contributed by atoms with van der Waals surface area (Å²) in [5.74, 6) is 1.26. The predicted octanol–water partition coefficient (Wildman–Crippen LogP) is 4.01. The number of hydrogen-bond acceptors (Lipinski definition) is 8. The molecule has 5 aromatic rings. The van der Waals surface area contributed by atoms with E-state index in [0.29, 0.717) is 41.7 Å². The number of morpholine rings is 1. The number of hydrogen-bond donors (Lipinski definition) is 2. The molecule has 4 heterocycles. The molecular formula is C28H25N7O2. The van der Waals surface area contributed by atoms with Crippen molar-refractivity contribution < 1.29 is 4.74 Å². The molecule has 1 saturated heterocycles. The van der Waals surface area contributed by atoms with Gasteiger partial charge in [-0.2, -0.15) is 4.98 Å². The van der Waals surface area contributed by atoms with Crippen molar-refractivity contribution in [2.75, 3.05) is 42.3 Å². The summed E-state index contributed by atoms with van der Waals surface area (Å²) in [6.45, 7) is 3.04. The minimum atomic E-state index is -0.189. The zero-order valence-electron chi connectivity index (χ0n) is 20.0. The van der Waals surface area contributed by atoms with Crippen molar-refractivity contribution in [1.29, 1.82) is 0 Å². The Labute approximate surface area is 213 Å². The number of rotatable bonds is 5. The average molecular weight is 492 g/mol. The van der Waals surface area contributed by atoms with E-state index in [1.807, 2.05) is 60.7 Å². The van der Waals surface area contributed by atoms with E-state index in [2.05, 4.69) is 20.2 Å². The highest BCUT2D eigenvalue weighted by atomic mass is 16.5. The van der Waals surface area contributed by atoms with Gasteiger partial charge in [0, 0.05) is 35.9 Å². The molecule has 0 radical (unpaired) electrons. The summed E-state index contributed by atoms with van der Waals surface area (Å²) in [7, 11) is 0. The molecule has 1 aliphatic heterocycles. The van der Waals surface area contributed by atoms with E-state index in [0.717, 1.165) is 35.5 Å². The summed E-state index contributed by atoms with van der Waals surface area (Å²) in [6, 6.07) is 22.5. The van der Waals surface area contributed by atoms with E-state index in [1.54, 1.807) is 29.1 Å². The summed E-state index contributed by atoms with van der Waals surface area (Å²) in [6.07, 6.45) is 3.47. The minimum Gasteiger partial charge on any atom is -0.399 e. The van der Waals surface area contributed by atoms with E-state index in [1.165, 1.54) is 0 Å². The fourth-order valence-corrected chi connectivity index (χ4v) is 4.45. The predicted molar refractivity (Wildman–Crippen MR) is 146 cm³/mol. The van der Waals surface area contributed by atoms with E-state index in [4.69, 9.17) is 15.5 Å². The molecule has 1 aliphatic rings. The molecule has 0 atom stereocenters. The molecular weight excluding hydrogens is 466 g/mol. The van der Waals surface area contributed by atoms with Gasteiger partial charge < -0.3 is 20.7 Å². The molecule has 9 heteroatoms. The molecule has 0 spiro atoms. The SMILES string of the molecule is Nc1cccc(-n2c(=O)c(-c3ccccc3)cc3cnc(Nc4ccc(N5CCOCC5)nc4)nc32)c1. The van der Waals surface area contributed by atoms with Crippen LogP contribution in [0.15, 0.2) is 90.0 Å². The first-order valence-electron chi connectivity index (χ1n) is 12.1. The molecule has 0 bridgehead atoms. The first-order valence-corrected chi connectivity index (χ1v) is 12.1. The lowest BCUT2D eigenvalue weighted by molar-refractivity contribution is 0.122. The number of anilines is 4. The second-order valence-electron chi connectivity index (χ2n) is 8.76. The average Bonchev–Trinajstić information content (AvgIpc) is 2.94. The Morgan fingerprint density at radius 3 is 2.49 bits per heavy atom. The topological polar surface area (TPSA) is 111 Å². The molecule has 3 N–H and O–H groups in total. The van der Waals surface area contributed by atoms with Crippen molar-refractivity contribution in [3.8, 4) is 16.8 Å². The van der Waals surface area contributed by atoms with Crippen molar-refractivity contribution in [1.82, 2.24) is 19.5 Å². The smallest absolute Gasteiger partial charge is 0.264 e. The molecule has 0 amide bonds. The van der Waals surface area contributed by atoms with Gasteiger partial charge in [0.05, 0.1) is 30.8 Å². The van der Waals surface area contributed by atoms with Crippen LogP contribution in [0.3, 0.4) is 0 Å². The van der Waals surface area contributed by atoms with E-state index >= 15 is 0 Å². The van der Waals surface area contributed by atoms with Gasteiger partial charge in [0.25, 0.3) is 5.56 Å². The molecule has 3 aromatic heterocycles. The Bertz CT molecular complexity index is 1610. The van der Waals surface area contributed by atoms with Crippen LogP contribution < -0.4 is 21.5 Å². The van der Waals surface area contributed by atoms with Gasteiger partial charge >= 0.3 is 0 Å². The van der Waals surface area contributed by atoms with Crippen LogP contribution in [0.2, 0.25) is 0 Å². The number of nitrogens with zero attached hydrogens (tertiary/aromatic N) is 5. The van der Waals surface area contributed by atoms with Crippen LogP contribution in [-0.2, 0) is 4.74 Å². The quantitative estimate of drug-likeness (QED) is 0.355. The fraction of sp³-hybridized carbons (Fsp3) is 0.143. The van der Waals surface area contributed by atoms with Crippen molar-refractivity contribution in [2.45, 2.75) is 0 Å². The first kappa shape index (κ1) is 22.7. The molecule has 2 aromatic carbocycles. The third-order valence-corrected chi connectivity index (χ3v) is 6.29. The summed E-state index contributed by atoms with van der Waals surface area (Å²) >= 11 is 0. The van der Waals surface area contributed by atoms with Crippen LogP contribution in [0.5, 0.6) is 0 Å². The number of nitrogens with two attached hydrogens (primary N) is 1. The molecule has 0 saturated carbocycles. The minimum absolute atomic E-state index is 0.189. The largest absolute Gasteiger partial charge is 0.399 e. The van der Waals surface area contributed by atoms with Crippen LogP contribution in [0.4, 0.5) is 23.1 Å². The zero-order chi connectivity index (χ0) is 25.2. The number of pyridine rings is 2. The van der Waals surface area contributed by atoms with Crippen molar-refractivity contribution in [3.05, 3.63) is 95.5 Å². The molecule has 1 fully saturated rings. The molecule has 184 valence electrons. The highest BCUT2D eigenvalue weighted by Crippen LogP contribution is 2.25. The summed E-state index contributed by atoms with van der Waals surface area (Å²) in [5.41, 5.74) is 9.66. The second-order valence-corrected chi connectivity index (χ2v) is 8.76. The number of fused-ring (bicyclic) bond motifs is 1. The number of nitrogen functional groups attached to an aromatic ring is 1. The first-order chi connectivity index (χ1) is 18.2. The lowest BCUT2D eigenvalue weighted by Crippen LogP contribution is -2.36. The fourth-order valence-electron chi connectivity index (χ4n) is 4.45. The van der Waals surface area contributed by atoms with E-state index in [9.17, 15) is 4.79 Å². The summed E-state index contributed by atoms with van der Waals surface area (Å²) in [5, 5.41) is 3.94. The molecule has 0 unspecified atom stereocenters. The number of ether oxygens (including phenoxy) is 1. The zero-order valence-corrected chi connectivity index (χ0v) is 20.0. The van der Waals surface area contributed by atoms with E-state index < -0.39 is 0 Å². The van der Waals surface area contributed by atoms with Crippen LogP contribution in [0, 0.1) is 0 Å². The van der Waals surface area contributed by atoms with Gasteiger partial charge in [-0.05, 0) is 42.0 Å². The van der Waals surface area contributed by atoms with Crippen LogP contribution in [0.25, 0.3) is 27.8 Å².